The number of amides is 1. The lowest BCUT2D eigenvalue weighted by molar-refractivity contribution is -0.189. The highest BCUT2D eigenvalue weighted by atomic mass is 32.1. The first kappa shape index (κ1) is 16.7. The van der Waals surface area contributed by atoms with Crippen LogP contribution < -0.4 is 0 Å². The number of likely N-dealkylation sites (tertiary alicyclic amines) is 1. The fourth-order valence-electron chi connectivity index (χ4n) is 4.01. The Morgan fingerprint density at radius 1 is 1.32 bits per heavy atom. The molecule has 4 rings (SSSR count). The van der Waals surface area contributed by atoms with Crippen LogP contribution in [0.5, 0.6) is 0 Å². The van der Waals surface area contributed by atoms with Crippen molar-refractivity contribution in [3.63, 3.8) is 0 Å². The summed E-state index contributed by atoms with van der Waals surface area (Å²) >= 11 is 1.63. The fraction of sp³-hybridized carbons (Fsp3) is 0.474. The molecule has 1 amide bonds. The smallest absolute Gasteiger partial charge is 0.249 e. The largest absolute Gasteiger partial charge is 0.362 e. The van der Waals surface area contributed by atoms with Gasteiger partial charge in [-0.25, -0.2) is 4.98 Å². The van der Waals surface area contributed by atoms with Crippen molar-refractivity contribution >= 4 is 17.2 Å². The zero-order valence-corrected chi connectivity index (χ0v) is 15.2. The first-order chi connectivity index (χ1) is 12.1. The second kappa shape index (κ2) is 6.86. The highest BCUT2D eigenvalue weighted by Gasteiger charge is 2.48. The van der Waals surface area contributed by atoms with Gasteiger partial charge in [0.2, 0.25) is 5.91 Å². The monoisotopic (exact) mass is 357 g/mol. The molecule has 0 unspecified atom stereocenters. The standard InChI is InChI=1S/C19H23N3O2S/c1-19-13-21(10-16-12-25-14-20-16)8-7-17(19)22(18(23)11-24-19)9-15-5-3-2-4-6-15/h2-6,12,14,17H,7-11,13H2,1H3/t17-,19-/m1/s1. The van der Waals surface area contributed by atoms with Crippen LogP contribution in [0.2, 0.25) is 0 Å². The van der Waals surface area contributed by atoms with E-state index in [1.54, 1.807) is 11.3 Å². The van der Waals surface area contributed by atoms with Gasteiger partial charge in [-0.15, -0.1) is 11.3 Å². The van der Waals surface area contributed by atoms with E-state index < -0.39 is 0 Å². The maximum absolute atomic E-state index is 12.5. The Kier molecular flexibility index (Phi) is 4.58. The molecule has 5 nitrogen and oxygen atoms in total. The predicted octanol–water partition coefficient (Wildman–Crippen LogP) is 2.54. The van der Waals surface area contributed by atoms with Gasteiger partial charge >= 0.3 is 0 Å². The topological polar surface area (TPSA) is 45.7 Å². The molecule has 3 heterocycles. The van der Waals surface area contributed by atoms with Crippen molar-refractivity contribution in [1.82, 2.24) is 14.8 Å². The van der Waals surface area contributed by atoms with Gasteiger partial charge in [-0.1, -0.05) is 30.3 Å². The van der Waals surface area contributed by atoms with Crippen LogP contribution in [0.1, 0.15) is 24.6 Å². The summed E-state index contributed by atoms with van der Waals surface area (Å²) in [5.41, 5.74) is 3.84. The number of hydrogen-bond acceptors (Lipinski definition) is 5. The Bertz CT molecular complexity index is 722. The first-order valence-corrected chi connectivity index (χ1v) is 9.65. The van der Waals surface area contributed by atoms with Gasteiger partial charge in [-0.3, -0.25) is 9.69 Å². The van der Waals surface area contributed by atoms with Crippen molar-refractivity contribution in [3.05, 3.63) is 52.5 Å². The number of carbonyl (C=O) groups is 1. The van der Waals surface area contributed by atoms with Crippen molar-refractivity contribution in [3.8, 4) is 0 Å². The molecule has 1 aromatic carbocycles. The highest BCUT2D eigenvalue weighted by Crippen LogP contribution is 2.34. The van der Waals surface area contributed by atoms with Crippen molar-refractivity contribution in [1.29, 1.82) is 0 Å². The molecule has 0 N–H and O–H groups in total. The molecule has 2 saturated heterocycles. The molecule has 0 saturated carbocycles. The van der Waals surface area contributed by atoms with Crippen LogP contribution in [0.4, 0.5) is 0 Å². The van der Waals surface area contributed by atoms with Gasteiger partial charge < -0.3 is 9.64 Å². The van der Waals surface area contributed by atoms with Crippen molar-refractivity contribution in [2.45, 2.75) is 38.1 Å². The second-order valence-electron chi connectivity index (χ2n) is 7.10. The average molecular weight is 357 g/mol. The quantitative estimate of drug-likeness (QED) is 0.844. The number of fused-ring (bicyclic) bond motifs is 1. The zero-order chi connectivity index (χ0) is 17.3. The lowest BCUT2D eigenvalue weighted by Crippen LogP contribution is -2.67. The number of ether oxygens (including phenoxy) is 1. The average Bonchev–Trinajstić information content (AvgIpc) is 3.11. The number of nitrogens with zero attached hydrogens (tertiary/aromatic N) is 3. The van der Waals surface area contributed by atoms with Crippen LogP contribution >= 0.6 is 11.3 Å². The molecule has 0 aliphatic carbocycles. The van der Waals surface area contributed by atoms with Gasteiger partial charge in [0.05, 0.1) is 22.8 Å². The van der Waals surface area contributed by atoms with E-state index in [0.717, 1.165) is 31.7 Å². The van der Waals surface area contributed by atoms with Crippen LogP contribution in [0, 0.1) is 0 Å². The Morgan fingerprint density at radius 2 is 2.16 bits per heavy atom. The highest BCUT2D eigenvalue weighted by molar-refractivity contribution is 7.07. The summed E-state index contributed by atoms with van der Waals surface area (Å²) in [6.07, 6.45) is 0.930. The van der Waals surface area contributed by atoms with Crippen LogP contribution in [0.15, 0.2) is 41.2 Å². The second-order valence-corrected chi connectivity index (χ2v) is 7.82. The molecular weight excluding hydrogens is 334 g/mol. The van der Waals surface area contributed by atoms with Crippen LogP contribution in [-0.4, -0.2) is 52.0 Å². The lowest BCUT2D eigenvalue weighted by atomic mass is 9.85. The Morgan fingerprint density at radius 3 is 2.92 bits per heavy atom. The maximum Gasteiger partial charge on any atom is 0.249 e. The summed E-state index contributed by atoms with van der Waals surface area (Å²) in [6.45, 7) is 5.62. The van der Waals surface area contributed by atoms with Crippen molar-refractivity contribution < 1.29 is 9.53 Å². The van der Waals surface area contributed by atoms with Crippen LogP contribution in [-0.2, 0) is 22.6 Å². The summed E-state index contributed by atoms with van der Waals surface area (Å²) in [4.78, 5) is 21.3. The molecule has 2 aliphatic heterocycles. The van der Waals surface area contributed by atoms with E-state index >= 15 is 0 Å². The summed E-state index contributed by atoms with van der Waals surface area (Å²) in [7, 11) is 0. The SMILES string of the molecule is C[C@@]12CN(Cc3cscn3)CC[C@H]1N(Cc1ccccc1)C(=O)CO2. The van der Waals surface area contributed by atoms with Gasteiger partial charge in [-0.05, 0) is 18.9 Å². The Hall–Kier alpha value is -1.76. The molecule has 0 spiro atoms. The maximum atomic E-state index is 12.5. The third kappa shape index (κ3) is 3.47. The van der Waals surface area contributed by atoms with E-state index in [1.807, 2.05) is 28.6 Å². The molecule has 2 aromatic rings. The van der Waals surface area contributed by atoms with E-state index in [4.69, 9.17) is 4.74 Å². The first-order valence-electron chi connectivity index (χ1n) is 8.71. The third-order valence-corrected chi connectivity index (χ3v) is 5.88. The molecule has 1 aromatic heterocycles. The van der Waals surface area contributed by atoms with Gasteiger partial charge in [0, 0.05) is 31.6 Å². The Labute approximate surface area is 152 Å². The third-order valence-electron chi connectivity index (χ3n) is 5.25. The molecule has 25 heavy (non-hydrogen) atoms. The van der Waals surface area contributed by atoms with E-state index in [-0.39, 0.29) is 24.2 Å². The molecule has 6 heteroatoms. The van der Waals surface area contributed by atoms with E-state index in [9.17, 15) is 4.79 Å². The number of morpholine rings is 1. The number of rotatable bonds is 4. The minimum Gasteiger partial charge on any atom is -0.362 e. The van der Waals surface area contributed by atoms with Crippen molar-refractivity contribution in [2.24, 2.45) is 0 Å². The van der Waals surface area contributed by atoms with Gasteiger partial charge in [-0.2, -0.15) is 0 Å². The van der Waals surface area contributed by atoms with Gasteiger partial charge in [0.1, 0.15) is 6.61 Å². The minimum atomic E-state index is -0.322. The van der Waals surface area contributed by atoms with Gasteiger partial charge in [0.15, 0.2) is 0 Å². The number of piperidine rings is 1. The number of carbonyl (C=O) groups excluding carboxylic acids is 1. The summed E-state index contributed by atoms with van der Waals surface area (Å²) in [6, 6.07) is 10.3. The fourth-order valence-corrected chi connectivity index (χ4v) is 4.56. The van der Waals surface area contributed by atoms with Crippen LogP contribution in [0.3, 0.4) is 0 Å². The van der Waals surface area contributed by atoms with Crippen molar-refractivity contribution in [2.75, 3.05) is 19.7 Å². The lowest BCUT2D eigenvalue weighted by Gasteiger charge is -2.53. The molecule has 0 bridgehead atoms. The normalized spacial score (nSPS) is 27.3. The molecule has 2 atom stereocenters. The number of aromatic nitrogens is 1. The predicted molar refractivity (Wildman–Crippen MR) is 97.1 cm³/mol. The number of hydrogen-bond donors (Lipinski definition) is 0. The van der Waals surface area contributed by atoms with E-state index in [0.29, 0.717) is 6.54 Å². The number of thiazole rings is 1. The number of benzene rings is 1. The molecule has 0 radical (unpaired) electrons. The van der Waals surface area contributed by atoms with Gasteiger partial charge in [0.25, 0.3) is 0 Å². The Balaban J connectivity index is 1.49. The molecular formula is C19H23N3O2S. The minimum absolute atomic E-state index is 0.0966. The molecule has 2 fully saturated rings. The molecule has 2 aliphatic rings. The van der Waals surface area contributed by atoms with E-state index in [1.165, 1.54) is 5.56 Å². The summed E-state index contributed by atoms with van der Waals surface area (Å²) < 4.78 is 6.05. The van der Waals surface area contributed by atoms with Crippen LogP contribution in [0.25, 0.3) is 0 Å². The zero-order valence-electron chi connectivity index (χ0n) is 14.4. The summed E-state index contributed by atoms with van der Waals surface area (Å²) in [5.74, 6) is 0.0966. The summed E-state index contributed by atoms with van der Waals surface area (Å²) in [5, 5.41) is 2.10. The molecule has 132 valence electrons. The van der Waals surface area contributed by atoms with E-state index in [2.05, 4.69) is 34.3 Å².